The zero-order chi connectivity index (χ0) is 29.7. The highest BCUT2D eigenvalue weighted by atomic mass is 16.6. The van der Waals surface area contributed by atoms with E-state index in [0.29, 0.717) is 48.3 Å². The first kappa shape index (κ1) is 28.8. The second-order valence-corrected chi connectivity index (χ2v) is 12.3. The van der Waals surface area contributed by atoms with Gasteiger partial charge in [0, 0.05) is 56.1 Å². The van der Waals surface area contributed by atoms with E-state index < -0.39 is 52.2 Å². The van der Waals surface area contributed by atoms with Gasteiger partial charge in [0.2, 0.25) is 0 Å². The van der Waals surface area contributed by atoms with Gasteiger partial charge >= 0.3 is 23.5 Å². The van der Waals surface area contributed by atoms with Crippen LogP contribution in [0.3, 0.4) is 0 Å². The van der Waals surface area contributed by atoms with Gasteiger partial charge in [0.15, 0.2) is 0 Å². The quantitative estimate of drug-likeness (QED) is 0.381. The van der Waals surface area contributed by atoms with Crippen LogP contribution in [-0.4, -0.2) is 47.3 Å². The van der Waals surface area contributed by atoms with Gasteiger partial charge in [0.1, 0.15) is 35.9 Å². The van der Waals surface area contributed by atoms with Crippen LogP contribution in [0.2, 0.25) is 0 Å². The van der Waals surface area contributed by atoms with Crippen molar-refractivity contribution in [2.24, 2.45) is 22.7 Å². The van der Waals surface area contributed by atoms with Crippen LogP contribution in [0, 0.1) is 22.7 Å². The lowest BCUT2D eigenvalue weighted by Crippen LogP contribution is -2.70. The number of nitrogens with zero attached hydrogens (tertiary/aromatic N) is 1. The maximum absolute atomic E-state index is 13.4. The van der Waals surface area contributed by atoms with E-state index in [1.807, 2.05) is 13.8 Å². The number of hydrogen-bond donors (Lipinski definition) is 0. The molecule has 10 nitrogen and oxygen atoms in total. The minimum absolute atomic E-state index is 0.0326. The number of carbonyl (C=O) groups excluding carboxylic acids is 3. The van der Waals surface area contributed by atoms with E-state index in [1.165, 1.54) is 20.8 Å². The highest BCUT2D eigenvalue weighted by Crippen LogP contribution is 2.65. The van der Waals surface area contributed by atoms with Gasteiger partial charge in [0.05, 0.1) is 5.56 Å². The van der Waals surface area contributed by atoms with Gasteiger partial charge in [-0.2, -0.15) is 0 Å². The molecule has 1 aliphatic heterocycles. The number of aromatic nitrogens is 1. The van der Waals surface area contributed by atoms with Gasteiger partial charge in [-0.25, -0.2) is 4.79 Å². The Labute approximate surface area is 238 Å². The van der Waals surface area contributed by atoms with E-state index in [9.17, 15) is 19.2 Å². The van der Waals surface area contributed by atoms with Crippen LogP contribution in [-0.2, 0) is 35.0 Å². The average Bonchev–Trinajstić information content (AvgIpc) is 2.90. The molecule has 2 aliphatic carbocycles. The fourth-order valence-corrected chi connectivity index (χ4v) is 7.85. The Bertz CT molecular complexity index is 1420. The molecule has 2 fully saturated rings. The Morgan fingerprint density at radius 1 is 1.02 bits per heavy atom. The molecule has 0 radical (unpaired) electrons. The van der Waals surface area contributed by atoms with Crippen molar-refractivity contribution in [2.45, 2.75) is 85.0 Å². The summed E-state index contributed by atoms with van der Waals surface area (Å²) in [4.78, 5) is 53.9. The van der Waals surface area contributed by atoms with Gasteiger partial charge in [-0.15, -0.1) is 0 Å². The summed E-state index contributed by atoms with van der Waals surface area (Å²) < 4.78 is 29.8. The van der Waals surface area contributed by atoms with Crippen molar-refractivity contribution >= 4 is 17.9 Å². The molecule has 7 atom stereocenters. The van der Waals surface area contributed by atoms with Crippen molar-refractivity contribution in [1.29, 1.82) is 0 Å². The number of pyridine rings is 1. The van der Waals surface area contributed by atoms with Crippen LogP contribution in [0.15, 0.2) is 39.8 Å². The van der Waals surface area contributed by atoms with Crippen molar-refractivity contribution in [3.8, 4) is 17.1 Å². The number of rotatable bonds is 5. The van der Waals surface area contributed by atoms with Crippen LogP contribution < -0.4 is 10.4 Å². The second-order valence-electron chi connectivity index (χ2n) is 12.3. The zero-order valence-corrected chi connectivity index (χ0v) is 24.4. The molecule has 3 heterocycles. The summed E-state index contributed by atoms with van der Waals surface area (Å²) in [6.07, 6.45) is 3.99. The smallest absolute Gasteiger partial charge is 0.343 e. The molecule has 0 N–H and O–H groups in total. The molecule has 0 bridgehead atoms. The van der Waals surface area contributed by atoms with E-state index in [1.54, 1.807) is 30.6 Å². The lowest BCUT2D eigenvalue weighted by atomic mass is 9.43. The number of hydrogen-bond acceptors (Lipinski definition) is 10. The molecule has 0 amide bonds. The molecule has 2 aromatic heterocycles. The molecule has 0 aromatic carbocycles. The van der Waals surface area contributed by atoms with Crippen molar-refractivity contribution < 1.29 is 37.7 Å². The lowest BCUT2D eigenvalue weighted by molar-refractivity contribution is -0.251. The minimum atomic E-state index is -0.972. The van der Waals surface area contributed by atoms with Crippen molar-refractivity contribution in [3.63, 3.8) is 0 Å². The second kappa shape index (κ2) is 10.3. The van der Waals surface area contributed by atoms with E-state index in [4.69, 9.17) is 23.4 Å². The first-order valence-electron chi connectivity index (χ1n) is 14.0. The van der Waals surface area contributed by atoms with Crippen molar-refractivity contribution in [1.82, 2.24) is 4.98 Å². The first-order chi connectivity index (χ1) is 19.3. The first-order valence-corrected chi connectivity index (χ1v) is 14.0. The van der Waals surface area contributed by atoms with Gasteiger partial charge < -0.3 is 23.4 Å². The Balaban J connectivity index is 1.62. The fourth-order valence-electron chi connectivity index (χ4n) is 7.85. The monoisotopic (exact) mass is 567 g/mol. The topological polar surface area (TPSA) is 131 Å². The van der Waals surface area contributed by atoms with Crippen LogP contribution >= 0.6 is 0 Å². The Morgan fingerprint density at radius 3 is 2.37 bits per heavy atom. The molecule has 2 aromatic rings. The number of fused-ring (bicyclic) bond motifs is 4. The predicted molar refractivity (Wildman–Crippen MR) is 146 cm³/mol. The third kappa shape index (κ3) is 4.91. The zero-order valence-electron chi connectivity index (χ0n) is 24.4. The molecule has 2 saturated carbocycles. The number of esters is 3. The summed E-state index contributed by atoms with van der Waals surface area (Å²) in [5, 5.41) is 0. The Kier molecular flexibility index (Phi) is 7.24. The maximum atomic E-state index is 13.4. The highest BCUT2D eigenvalue weighted by molar-refractivity contribution is 5.67. The Morgan fingerprint density at radius 2 is 1.73 bits per heavy atom. The molecular formula is C31H37NO9. The summed E-state index contributed by atoms with van der Waals surface area (Å²) in [5.74, 6) is -1.05. The van der Waals surface area contributed by atoms with Crippen LogP contribution in [0.5, 0.6) is 5.75 Å². The average molecular weight is 568 g/mol. The third-order valence-corrected chi connectivity index (χ3v) is 9.75. The SMILES string of the molecule is CC(=O)OC[C@@]1(C)[C@@H]2C[C@H](OC(C)=O)[C@@]3(C)Oc4cc(-c5cccnc5)oc(=O)c4C[C@H]3[C@@]2(C)CC[C@@H]1OC(C)=O. The third-order valence-electron chi connectivity index (χ3n) is 9.75. The molecule has 5 rings (SSSR count). The van der Waals surface area contributed by atoms with Gasteiger partial charge in [-0.3, -0.25) is 19.4 Å². The molecule has 0 spiro atoms. The lowest BCUT2D eigenvalue weighted by Gasteiger charge is -2.65. The van der Waals surface area contributed by atoms with E-state index >= 15 is 0 Å². The number of ether oxygens (including phenoxy) is 4. The predicted octanol–water partition coefficient (Wildman–Crippen LogP) is 4.26. The largest absolute Gasteiger partial charge is 0.483 e. The van der Waals surface area contributed by atoms with Gasteiger partial charge in [-0.1, -0.05) is 13.8 Å². The van der Waals surface area contributed by atoms with Crippen molar-refractivity contribution in [2.75, 3.05) is 6.61 Å². The van der Waals surface area contributed by atoms with E-state index in [0.717, 1.165) is 0 Å². The van der Waals surface area contributed by atoms with E-state index in [-0.39, 0.29) is 18.4 Å². The van der Waals surface area contributed by atoms with Crippen LogP contribution in [0.4, 0.5) is 0 Å². The normalized spacial score (nSPS) is 33.7. The summed E-state index contributed by atoms with van der Waals surface area (Å²) in [7, 11) is 0. The molecule has 220 valence electrons. The summed E-state index contributed by atoms with van der Waals surface area (Å²) in [6.45, 7) is 10.2. The van der Waals surface area contributed by atoms with Gasteiger partial charge in [0.25, 0.3) is 0 Å². The molecular weight excluding hydrogens is 530 g/mol. The fraction of sp³-hybridized carbons (Fsp3) is 0.581. The summed E-state index contributed by atoms with van der Waals surface area (Å²) in [6, 6.07) is 5.26. The maximum Gasteiger partial charge on any atom is 0.343 e. The van der Waals surface area contributed by atoms with Gasteiger partial charge in [-0.05, 0) is 56.1 Å². The van der Waals surface area contributed by atoms with Crippen molar-refractivity contribution in [3.05, 3.63) is 46.6 Å². The molecule has 0 unspecified atom stereocenters. The van der Waals surface area contributed by atoms with Crippen LogP contribution in [0.1, 0.15) is 66.4 Å². The van der Waals surface area contributed by atoms with Crippen LogP contribution in [0.25, 0.3) is 11.3 Å². The minimum Gasteiger partial charge on any atom is -0.483 e. The molecule has 3 aliphatic rings. The molecule has 0 saturated heterocycles. The molecule has 10 heteroatoms. The Hall–Kier alpha value is -3.69. The summed E-state index contributed by atoms with van der Waals surface area (Å²) in [5.41, 5.74) is -1.63. The number of carbonyl (C=O) groups is 3. The standard InChI is InChI=1S/C31H37NO9/c1-17(33)37-16-30(5)24-14-27(39-19(3)35)31(6)25(29(24,4)10-9-26(30)38-18(2)34)12-21-23(41-31)13-22(40-28(21)36)20-8-7-11-32-15-20/h7-8,11,13,15,24-27H,9-10,12,14,16H2,1-6H3/t24-,25+,26+,27+,29+,30+,31+/m1/s1. The highest BCUT2D eigenvalue weighted by Gasteiger charge is 2.68. The van der Waals surface area contributed by atoms with E-state index in [2.05, 4.69) is 11.9 Å². The molecule has 41 heavy (non-hydrogen) atoms. The summed E-state index contributed by atoms with van der Waals surface area (Å²) >= 11 is 0.